The summed E-state index contributed by atoms with van der Waals surface area (Å²) in [5.74, 6) is 0.434. The summed E-state index contributed by atoms with van der Waals surface area (Å²) >= 11 is 0. The van der Waals surface area contributed by atoms with Gasteiger partial charge in [-0.1, -0.05) is 18.2 Å². The third-order valence-electron chi connectivity index (χ3n) is 6.46. The summed E-state index contributed by atoms with van der Waals surface area (Å²) in [6, 6.07) is 14.8. The molecule has 0 spiro atoms. The first-order chi connectivity index (χ1) is 15.4. The summed E-state index contributed by atoms with van der Waals surface area (Å²) in [5, 5.41) is 5.90. The molecule has 0 bridgehead atoms. The summed E-state index contributed by atoms with van der Waals surface area (Å²) in [7, 11) is -3.37. The molecule has 0 saturated carbocycles. The van der Waals surface area contributed by atoms with Crippen molar-refractivity contribution in [2.24, 2.45) is 5.92 Å². The van der Waals surface area contributed by atoms with E-state index in [0.29, 0.717) is 30.4 Å². The van der Waals surface area contributed by atoms with Crippen LogP contribution in [-0.2, 0) is 10.0 Å². The first kappa shape index (κ1) is 22.6. The van der Waals surface area contributed by atoms with Crippen LogP contribution in [0.15, 0.2) is 53.4 Å². The number of nitrogens with one attached hydrogen (secondary N) is 2. The number of aryl methyl sites for hydroxylation is 1. The molecular formula is C24H32N4O3S. The average molecular weight is 457 g/mol. The average Bonchev–Trinajstić information content (AvgIpc) is 3.36. The Morgan fingerprint density at radius 3 is 2.28 bits per heavy atom. The number of nitrogens with zero attached hydrogens (tertiary/aromatic N) is 2. The molecule has 2 aliphatic heterocycles. The fourth-order valence-corrected chi connectivity index (χ4v) is 5.94. The number of carbonyl (C=O) groups excluding carboxylic acids is 1. The molecule has 2 aromatic rings. The van der Waals surface area contributed by atoms with Gasteiger partial charge in [-0.15, -0.1) is 0 Å². The van der Waals surface area contributed by atoms with E-state index in [2.05, 4.69) is 15.5 Å². The van der Waals surface area contributed by atoms with Crippen LogP contribution >= 0.6 is 0 Å². The lowest BCUT2D eigenvalue weighted by atomic mass is 9.96. The standard InChI is InChI=1S/C24H32N4O3S/c1-19-6-2-3-7-23(19)26-24(29)25-18-20-12-16-27(17-13-20)21-8-10-22(11-9-21)32(30,31)28-14-4-5-15-28/h2-3,6-11,20H,4-5,12-18H2,1H3,(H2,25,26,29). The minimum atomic E-state index is -3.37. The minimum Gasteiger partial charge on any atom is -0.372 e. The van der Waals surface area contributed by atoms with Gasteiger partial charge in [-0.05, 0) is 74.4 Å². The molecule has 4 rings (SSSR count). The lowest BCUT2D eigenvalue weighted by Gasteiger charge is -2.33. The number of piperidine rings is 1. The molecular weight excluding hydrogens is 424 g/mol. The number of benzene rings is 2. The van der Waals surface area contributed by atoms with Gasteiger partial charge in [-0.2, -0.15) is 4.31 Å². The van der Waals surface area contributed by atoms with Crippen molar-refractivity contribution in [2.75, 3.05) is 42.9 Å². The van der Waals surface area contributed by atoms with Gasteiger partial charge in [0.25, 0.3) is 0 Å². The summed E-state index contributed by atoms with van der Waals surface area (Å²) in [4.78, 5) is 14.9. The van der Waals surface area contributed by atoms with Crippen LogP contribution in [0.3, 0.4) is 0 Å². The van der Waals surface area contributed by atoms with Crippen molar-refractivity contribution < 1.29 is 13.2 Å². The van der Waals surface area contributed by atoms with Crippen LogP contribution in [0.2, 0.25) is 0 Å². The van der Waals surface area contributed by atoms with E-state index in [1.807, 2.05) is 43.3 Å². The Balaban J connectivity index is 1.25. The molecule has 2 N–H and O–H groups in total. The van der Waals surface area contributed by atoms with Crippen molar-refractivity contribution in [3.05, 3.63) is 54.1 Å². The zero-order valence-electron chi connectivity index (χ0n) is 18.6. The van der Waals surface area contributed by atoms with Crippen molar-refractivity contribution in [3.63, 3.8) is 0 Å². The maximum absolute atomic E-state index is 12.7. The van der Waals surface area contributed by atoms with Crippen LogP contribution < -0.4 is 15.5 Å². The van der Waals surface area contributed by atoms with E-state index >= 15 is 0 Å². The molecule has 8 heteroatoms. The highest BCUT2D eigenvalue weighted by Crippen LogP contribution is 2.26. The van der Waals surface area contributed by atoms with Gasteiger partial charge in [0.2, 0.25) is 10.0 Å². The highest BCUT2D eigenvalue weighted by Gasteiger charge is 2.27. The van der Waals surface area contributed by atoms with E-state index in [-0.39, 0.29) is 6.03 Å². The van der Waals surface area contributed by atoms with E-state index in [9.17, 15) is 13.2 Å². The fourth-order valence-electron chi connectivity index (χ4n) is 4.42. The Hall–Kier alpha value is -2.58. The summed E-state index contributed by atoms with van der Waals surface area (Å²) in [5.41, 5.74) is 2.92. The summed E-state index contributed by atoms with van der Waals surface area (Å²) < 4.78 is 27.0. The fraction of sp³-hybridized carbons (Fsp3) is 0.458. The van der Waals surface area contributed by atoms with E-state index in [4.69, 9.17) is 0 Å². The van der Waals surface area contributed by atoms with Crippen LogP contribution in [0.1, 0.15) is 31.2 Å². The molecule has 2 saturated heterocycles. The molecule has 2 heterocycles. The smallest absolute Gasteiger partial charge is 0.319 e. The van der Waals surface area contributed by atoms with E-state index < -0.39 is 10.0 Å². The third kappa shape index (κ3) is 5.24. The zero-order valence-corrected chi connectivity index (χ0v) is 19.4. The maximum atomic E-state index is 12.7. The van der Waals surface area contributed by atoms with Crippen molar-refractivity contribution in [3.8, 4) is 0 Å². The van der Waals surface area contributed by atoms with Crippen LogP contribution in [0, 0.1) is 12.8 Å². The monoisotopic (exact) mass is 456 g/mol. The highest BCUT2D eigenvalue weighted by molar-refractivity contribution is 7.89. The number of hydrogen-bond acceptors (Lipinski definition) is 4. The van der Waals surface area contributed by atoms with Crippen molar-refractivity contribution in [1.82, 2.24) is 9.62 Å². The van der Waals surface area contributed by atoms with Gasteiger partial charge in [0.15, 0.2) is 0 Å². The Labute approximate surface area is 190 Å². The maximum Gasteiger partial charge on any atom is 0.319 e. The normalized spacial score (nSPS) is 18.0. The molecule has 2 fully saturated rings. The van der Waals surface area contributed by atoms with Crippen LogP contribution in [-0.4, -0.2) is 51.5 Å². The molecule has 0 aliphatic carbocycles. The van der Waals surface area contributed by atoms with Gasteiger partial charge in [0.1, 0.15) is 0 Å². The van der Waals surface area contributed by atoms with Gasteiger partial charge >= 0.3 is 6.03 Å². The molecule has 2 aliphatic rings. The minimum absolute atomic E-state index is 0.170. The van der Waals surface area contributed by atoms with Crippen molar-refractivity contribution >= 4 is 27.4 Å². The number of rotatable bonds is 6. The zero-order chi connectivity index (χ0) is 22.6. The molecule has 32 heavy (non-hydrogen) atoms. The van der Waals surface area contributed by atoms with Crippen molar-refractivity contribution in [2.45, 2.75) is 37.5 Å². The number of para-hydroxylation sites is 1. The van der Waals surface area contributed by atoms with Crippen LogP contribution in [0.4, 0.5) is 16.2 Å². The molecule has 0 aromatic heterocycles. The van der Waals surface area contributed by atoms with Gasteiger partial charge in [-0.25, -0.2) is 13.2 Å². The number of amides is 2. The Kier molecular flexibility index (Phi) is 7.01. The van der Waals surface area contributed by atoms with Crippen LogP contribution in [0.5, 0.6) is 0 Å². The number of anilines is 2. The molecule has 0 unspecified atom stereocenters. The van der Waals surface area contributed by atoms with Gasteiger partial charge in [0, 0.05) is 44.1 Å². The first-order valence-corrected chi connectivity index (χ1v) is 12.8. The predicted octanol–water partition coefficient (Wildman–Crippen LogP) is 3.82. The van der Waals surface area contributed by atoms with Gasteiger partial charge < -0.3 is 15.5 Å². The van der Waals surface area contributed by atoms with Crippen molar-refractivity contribution in [1.29, 1.82) is 0 Å². The largest absolute Gasteiger partial charge is 0.372 e. The summed E-state index contributed by atoms with van der Waals surface area (Å²) in [6.07, 6.45) is 3.85. The SMILES string of the molecule is Cc1ccccc1NC(=O)NCC1CCN(c2ccc(S(=O)(=O)N3CCCC3)cc2)CC1. The molecule has 2 amide bonds. The lowest BCUT2D eigenvalue weighted by Crippen LogP contribution is -2.39. The highest BCUT2D eigenvalue weighted by atomic mass is 32.2. The second kappa shape index (κ2) is 9.92. The van der Waals surface area contributed by atoms with E-state index in [1.54, 1.807) is 16.4 Å². The number of sulfonamides is 1. The third-order valence-corrected chi connectivity index (χ3v) is 8.38. The Morgan fingerprint density at radius 1 is 0.969 bits per heavy atom. The Bertz CT molecular complexity index is 1030. The number of carbonyl (C=O) groups is 1. The molecule has 172 valence electrons. The molecule has 0 atom stereocenters. The quantitative estimate of drug-likeness (QED) is 0.692. The molecule has 0 radical (unpaired) electrons. The molecule has 7 nitrogen and oxygen atoms in total. The first-order valence-electron chi connectivity index (χ1n) is 11.4. The van der Waals surface area contributed by atoms with Gasteiger partial charge in [-0.3, -0.25) is 0 Å². The second-order valence-electron chi connectivity index (χ2n) is 8.69. The van der Waals surface area contributed by atoms with E-state index in [1.165, 1.54) is 0 Å². The predicted molar refractivity (Wildman–Crippen MR) is 128 cm³/mol. The second-order valence-corrected chi connectivity index (χ2v) is 10.6. The molecule has 2 aromatic carbocycles. The Morgan fingerprint density at radius 2 is 1.62 bits per heavy atom. The van der Waals surface area contributed by atoms with Crippen LogP contribution in [0.25, 0.3) is 0 Å². The van der Waals surface area contributed by atoms with Gasteiger partial charge in [0.05, 0.1) is 4.90 Å². The number of hydrogen-bond donors (Lipinski definition) is 2. The number of urea groups is 1. The topological polar surface area (TPSA) is 81.8 Å². The summed E-state index contributed by atoms with van der Waals surface area (Å²) in [6.45, 7) is 5.65. The lowest BCUT2D eigenvalue weighted by molar-refractivity contribution is 0.248. The van der Waals surface area contributed by atoms with E-state index in [0.717, 1.165) is 55.7 Å².